The Kier molecular flexibility index (Phi) is 37.9. The summed E-state index contributed by atoms with van der Waals surface area (Å²) < 4.78 is 34.3. The van der Waals surface area contributed by atoms with Crippen LogP contribution in [0.25, 0.3) is 0 Å². The van der Waals surface area contributed by atoms with E-state index in [2.05, 4.69) is 38.2 Å². The monoisotopic (exact) mass is 815 g/mol. The molecule has 1 unspecified atom stereocenters. The first kappa shape index (κ1) is 54.5. The number of likely N-dealkylation sites (N-methyl/N-ethyl adjacent to an activating group) is 1. The van der Waals surface area contributed by atoms with E-state index >= 15 is 0 Å². The predicted molar refractivity (Wildman–Crippen MR) is 234 cm³/mol. The van der Waals surface area contributed by atoms with Crippen molar-refractivity contribution in [1.29, 1.82) is 0 Å². The van der Waals surface area contributed by atoms with Crippen LogP contribution in [0.1, 0.15) is 206 Å². The standard InChI is InChI=1S/C46H88NO8P/c1-6-8-10-12-14-16-18-20-22-23-25-27-29-31-33-35-37-39-46(49)55-44(43-54-56(50,51)53-41-40-47(3,4)5)42-52-45(48)38-36-34-32-30-28-26-24-21-19-17-15-13-11-9-7-2/h14,16,20,22,44H,6-13,15,17-19,21,23-43H2,1-5H3/p+1/b16-14+,22-20+/t44-/m1/s1. The highest BCUT2D eigenvalue weighted by atomic mass is 31.2. The Morgan fingerprint density at radius 3 is 1.45 bits per heavy atom. The molecule has 330 valence electrons. The van der Waals surface area contributed by atoms with E-state index in [-0.39, 0.29) is 25.6 Å². The summed E-state index contributed by atoms with van der Waals surface area (Å²) in [6.45, 7) is 4.41. The summed E-state index contributed by atoms with van der Waals surface area (Å²) in [4.78, 5) is 35.4. The fourth-order valence-electron chi connectivity index (χ4n) is 6.34. The molecule has 0 aliphatic heterocycles. The second-order valence-corrected chi connectivity index (χ2v) is 18.2. The van der Waals surface area contributed by atoms with Gasteiger partial charge >= 0.3 is 19.8 Å². The molecule has 0 fully saturated rings. The van der Waals surface area contributed by atoms with Gasteiger partial charge in [-0.2, -0.15) is 0 Å². The molecule has 0 saturated heterocycles. The number of phosphoric ester groups is 1. The lowest BCUT2D eigenvalue weighted by molar-refractivity contribution is -0.870. The van der Waals surface area contributed by atoms with E-state index in [9.17, 15) is 19.0 Å². The molecular weight excluding hydrogens is 725 g/mol. The molecule has 0 aliphatic carbocycles. The van der Waals surface area contributed by atoms with Crippen molar-refractivity contribution in [2.75, 3.05) is 47.5 Å². The molecule has 0 spiro atoms. The van der Waals surface area contributed by atoms with Crippen molar-refractivity contribution in [2.45, 2.75) is 213 Å². The molecule has 0 aliphatic rings. The number of quaternary nitrogens is 1. The zero-order valence-corrected chi connectivity index (χ0v) is 38.0. The lowest BCUT2D eigenvalue weighted by Crippen LogP contribution is -2.37. The van der Waals surface area contributed by atoms with Crippen molar-refractivity contribution >= 4 is 19.8 Å². The molecular formula is C46H89NO8P+. The van der Waals surface area contributed by atoms with Crippen molar-refractivity contribution in [2.24, 2.45) is 0 Å². The highest BCUT2D eigenvalue weighted by molar-refractivity contribution is 7.47. The van der Waals surface area contributed by atoms with Crippen molar-refractivity contribution in [3.05, 3.63) is 24.3 Å². The molecule has 0 radical (unpaired) electrons. The Morgan fingerprint density at radius 2 is 0.964 bits per heavy atom. The molecule has 0 aromatic rings. The van der Waals surface area contributed by atoms with Gasteiger partial charge < -0.3 is 18.9 Å². The van der Waals surface area contributed by atoms with Crippen LogP contribution in [0.15, 0.2) is 24.3 Å². The zero-order chi connectivity index (χ0) is 41.4. The number of unbranched alkanes of at least 4 members (excludes halogenated alkanes) is 24. The molecule has 0 rings (SSSR count). The quantitative estimate of drug-likeness (QED) is 0.0213. The summed E-state index contributed by atoms with van der Waals surface area (Å²) in [5.74, 6) is -0.799. The summed E-state index contributed by atoms with van der Waals surface area (Å²) >= 11 is 0. The molecule has 0 heterocycles. The third-order valence-electron chi connectivity index (χ3n) is 9.98. The first-order valence-corrected chi connectivity index (χ1v) is 24.6. The van der Waals surface area contributed by atoms with Gasteiger partial charge in [0, 0.05) is 12.8 Å². The van der Waals surface area contributed by atoms with E-state index in [1.807, 2.05) is 21.1 Å². The van der Waals surface area contributed by atoms with Gasteiger partial charge in [-0.15, -0.1) is 0 Å². The van der Waals surface area contributed by atoms with Crippen LogP contribution in [-0.2, 0) is 32.7 Å². The van der Waals surface area contributed by atoms with Crippen molar-refractivity contribution < 1.29 is 42.1 Å². The summed E-state index contributed by atoms with van der Waals surface area (Å²) in [6, 6.07) is 0. The molecule has 0 amide bonds. The Labute approximate surface area is 345 Å². The van der Waals surface area contributed by atoms with Gasteiger partial charge in [-0.1, -0.05) is 173 Å². The van der Waals surface area contributed by atoms with Crippen LogP contribution in [-0.4, -0.2) is 74.9 Å². The summed E-state index contributed by atoms with van der Waals surface area (Å²) in [5, 5.41) is 0. The minimum atomic E-state index is -4.37. The normalized spacial score (nSPS) is 13.8. The van der Waals surface area contributed by atoms with Crippen LogP contribution < -0.4 is 0 Å². The van der Waals surface area contributed by atoms with Crippen LogP contribution in [0.2, 0.25) is 0 Å². The first-order chi connectivity index (χ1) is 27.0. The predicted octanol–water partition coefficient (Wildman–Crippen LogP) is 13.1. The third-order valence-corrected chi connectivity index (χ3v) is 11.0. The Balaban J connectivity index is 4.33. The minimum absolute atomic E-state index is 0.0319. The van der Waals surface area contributed by atoms with Crippen molar-refractivity contribution in [3.63, 3.8) is 0 Å². The SMILES string of the molecule is CCCCC/C=C/C/C=C/CCCCCCCCCC(=O)O[C@H](COC(=O)CCCCCCCCCCCCCCCCC)COP(=O)(O)OCC[N+](C)(C)C. The number of nitrogens with zero attached hydrogens (tertiary/aromatic N) is 1. The topological polar surface area (TPSA) is 108 Å². The third kappa shape index (κ3) is 42.1. The number of hydrogen-bond acceptors (Lipinski definition) is 7. The fourth-order valence-corrected chi connectivity index (χ4v) is 7.08. The lowest BCUT2D eigenvalue weighted by atomic mass is 10.0. The molecule has 9 nitrogen and oxygen atoms in total. The number of esters is 2. The van der Waals surface area contributed by atoms with Gasteiger partial charge in [0.25, 0.3) is 0 Å². The van der Waals surface area contributed by atoms with Crippen LogP contribution in [0.5, 0.6) is 0 Å². The molecule has 0 aromatic carbocycles. The lowest BCUT2D eigenvalue weighted by Gasteiger charge is -2.24. The second-order valence-electron chi connectivity index (χ2n) is 16.8. The first-order valence-electron chi connectivity index (χ1n) is 23.1. The molecule has 10 heteroatoms. The molecule has 2 atom stereocenters. The highest BCUT2D eigenvalue weighted by Gasteiger charge is 2.27. The average Bonchev–Trinajstić information content (AvgIpc) is 3.15. The summed E-state index contributed by atoms with van der Waals surface area (Å²) in [7, 11) is 1.48. The highest BCUT2D eigenvalue weighted by Crippen LogP contribution is 2.43. The number of allylic oxidation sites excluding steroid dienone is 4. The van der Waals surface area contributed by atoms with Gasteiger partial charge in [0.05, 0.1) is 27.7 Å². The van der Waals surface area contributed by atoms with Crippen LogP contribution in [0.3, 0.4) is 0 Å². The van der Waals surface area contributed by atoms with Crippen LogP contribution in [0, 0.1) is 0 Å². The summed E-state index contributed by atoms with van der Waals surface area (Å²) in [5.41, 5.74) is 0. The van der Waals surface area contributed by atoms with Crippen LogP contribution in [0.4, 0.5) is 0 Å². The molecule has 56 heavy (non-hydrogen) atoms. The molecule has 0 bridgehead atoms. The summed E-state index contributed by atoms with van der Waals surface area (Å²) in [6.07, 6.45) is 42.1. The zero-order valence-electron chi connectivity index (χ0n) is 37.1. The average molecular weight is 815 g/mol. The number of rotatable bonds is 42. The molecule has 1 N–H and O–H groups in total. The van der Waals surface area contributed by atoms with E-state index in [1.54, 1.807) is 0 Å². The fraction of sp³-hybridized carbons (Fsp3) is 0.870. The Morgan fingerprint density at radius 1 is 0.554 bits per heavy atom. The van der Waals surface area contributed by atoms with Crippen molar-refractivity contribution in [3.8, 4) is 0 Å². The Bertz CT molecular complexity index is 1010. The van der Waals surface area contributed by atoms with Gasteiger partial charge in [0.2, 0.25) is 0 Å². The minimum Gasteiger partial charge on any atom is -0.462 e. The number of ether oxygens (including phenoxy) is 2. The smallest absolute Gasteiger partial charge is 0.462 e. The van der Waals surface area contributed by atoms with Gasteiger partial charge in [-0.05, 0) is 44.9 Å². The Hall–Kier alpha value is -1.51. The molecule has 0 saturated carbocycles. The van der Waals surface area contributed by atoms with Gasteiger partial charge in [-0.3, -0.25) is 18.6 Å². The number of phosphoric acid groups is 1. The number of carbonyl (C=O) groups excluding carboxylic acids is 2. The van der Waals surface area contributed by atoms with E-state index in [0.29, 0.717) is 23.9 Å². The number of carbonyl (C=O) groups is 2. The van der Waals surface area contributed by atoms with Crippen molar-refractivity contribution in [1.82, 2.24) is 0 Å². The van der Waals surface area contributed by atoms with Gasteiger partial charge in [-0.25, -0.2) is 4.57 Å². The maximum Gasteiger partial charge on any atom is 0.472 e. The van der Waals surface area contributed by atoms with Gasteiger partial charge in [0.1, 0.15) is 19.8 Å². The van der Waals surface area contributed by atoms with Gasteiger partial charge in [0.15, 0.2) is 6.10 Å². The maximum atomic E-state index is 12.7. The second kappa shape index (κ2) is 39.0. The van der Waals surface area contributed by atoms with E-state index in [4.69, 9.17) is 18.5 Å². The largest absolute Gasteiger partial charge is 0.472 e. The van der Waals surface area contributed by atoms with E-state index in [0.717, 1.165) is 51.4 Å². The van der Waals surface area contributed by atoms with E-state index in [1.165, 1.54) is 122 Å². The van der Waals surface area contributed by atoms with E-state index < -0.39 is 26.5 Å². The number of hydrogen-bond donors (Lipinski definition) is 1. The maximum absolute atomic E-state index is 12.7. The van der Waals surface area contributed by atoms with Crippen LogP contribution >= 0.6 is 7.82 Å². The molecule has 0 aromatic heterocycles.